The van der Waals surface area contributed by atoms with Gasteiger partial charge >= 0.3 is 0 Å². The molecule has 0 N–H and O–H groups in total. The Morgan fingerprint density at radius 1 is 1.00 bits per heavy atom. The smallest absolute Gasteiger partial charge is 0.0262 e. The Bertz CT molecular complexity index is 111. The molecule has 0 aliphatic carbocycles. The highest BCUT2D eigenvalue weighted by molar-refractivity contribution is 4.82. The molecular weight excluding hydrogens is 144 g/mol. The molecule has 0 nitrogen and oxygen atoms in total. The highest BCUT2D eigenvalue weighted by Crippen LogP contribution is 2.13. The van der Waals surface area contributed by atoms with Gasteiger partial charge in [-0.1, -0.05) is 52.2 Å². The van der Waals surface area contributed by atoms with E-state index in [-0.39, 0.29) is 0 Å². The van der Waals surface area contributed by atoms with E-state index in [0.717, 1.165) is 11.8 Å². The van der Waals surface area contributed by atoms with Gasteiger partial charge in [-0.25, -0.2) is 0 Å². The predicted molar refractivity (Wildman–Crippen MR) is 57.3 cm³/mol. The molecule has 72 valence electrons. The Morgan fingerprint density at radius 2 is 1.58 bits per heavy atom. The predicted octanol–water partition coefficient (Wildman–Crippen LogP) is 4.42. The molecule has 0 saturated heterocycles. The summed E-state index contributed by atoms with van der Waals surface area (Å²) in [5, 5.41) is 0. The number of hydrogen-bond acceptors (Lipinski definition) is 0. The van der Waals surface area contributed by atoms with Crippen molar-refractivity contribution in [1.82, 2.24) is 0 Å². The maximum absolute atomic E-state index is 2.30. The fourth-order valence-electron chi connectivity index (χ4n) is 1.44. The van der Waals surface area contributed by atoms with Crippen LogP contribution in [-0.2, 0) is 0 Å². The largest absolute Gasteiger partial charge is 0.0914 e. The van der Waals surface area contributed by atoms with Gasteiger partial charge in [0.2, 0.25) is 0 Å². The Kier molecular flexibility index (Phi) is 7.23. The summed E-state index contributed by atoms with van der Waals surface area (Å²) in [6.45, 7) is 9.00. The van der Waals surface area contributed by atoms with Crippen molar-refractivity contribution in [2.45, 2.75) is 53.4 Å². The van der Waals surface area contributed by atoms with Gasteiger partial charge in [0, 0.05) is 0 Å². The third-order valence-corrected chi connectivity index (χ3v) is 2.21. The first-order valence-corrected chi connectivity index (χ1v) is 5.29. The number of unbranched alkanes of at least 4 members (excludes halogenated alkanes) is 1. The monoisotopic (exact) mass is 168 g/mol. The van der Waals surface area contributed by atoms with Crippen LogP contribution in [0.4, 0.5) is 0 Å². The van der Waals surface area contributed by atoms with Crippen LogP contribution in [0.5, 0.6) is 0 Å². The molecule has 0 aromatic heterocycles. The zero-order valence-corrected chi connectivity index (χ0v) is 9.14. The van der Waals surface area contributed by atoms with Crippen LogP contribution in [0.1, 0.15) is 53.4 Å². The van der Waals surface area contributed by atoms with E-state index < -0.39 is 0 Å². The van der Waals surface area contributed by atoms with Gasteiger partial charge in [0.05, 0.1) is 0 Å². The molecule has 0 radical (unpaired) electrons. The molecule has 0 aliphatic rings. The van der Waals surface area contributed by atoms with Crippen LogP contribution in [0.3, 0.4) is 0 Å². The first kappa shape index (κ1) is 11.7. The van der Waals surface area contributed by atoms with Crippen LogP contribution < -0.4 is 0 Å². The van der Waals surface area contributed by atoms with Gasteiger partial charge in [-0.15, -0.1) is 0 Å². The topological polar surface area (TPSA) is 0 Å². The summed E-state index contributed by atoms with van der Waals surface area (Å²) in [7, 11) is 0. The van der Waals surface area contributed by atoms with Crippen molar-refractivity contribution in [3.8, 4) is 0 Å². The second-order valence-corrected chi connectivity index (χ2v) is 4.18. The number of hydrogen-bond donors (Lipinski definition) is 0. The van der Waals surface area contributed by atoms with E-state index >= 15 is 0 Å². The van der Waals surface area contributed by atoms with Crippen molar-refractivity contribution in [2.24, 2.45) is 11.8 Å². The van der Waals surface area contributed by atoms with E-state index in [4.69, 9.17) is 0 Å². The van der Waals surface area contributed by atoms with Crippen LogP contribution in [0.2, 0.25) is 0 Å². The molecule has 0 aromatic rings. The van der Waals surface area contributed by atoms with Crippen molar-refractivity contribution in [3.05, 3.63) is 12.2 Å². The quantitative estimate of drug-likeness (QED) is 0.407. The van der Waals surface area contributed by atoms with Crippen molar-refractivity contribution < 1.29 is 0 Å². The molecule has 0 spiro atoms. The van der Waals surface area contributed by atoms with E-state index in [2.05, 4.69) is 39.8 Å². The average molecular weight is 168 g/mol. The summed E-state index contributed by atoms with van der Waals surface area (Å²) in [4.78, 5) is 0. The summed E-state index contributed by atoms with van der Waals surface area (Å²) in [5.74, 6) is 1.66. The van der Waals surface area contributed by atoms with E-state index in [1.165, 1.54) is 25.7 Å². The highest BCUT2D eigenvalue weighted by atomic mass is 14.0. The third kappa shape index (κ3) is 7.84. The van der Waals surface area contributed by atoms with Gasteiger partial charge in [-0.05, 0) is 25.2 Å². The summed E-state index contributed by atoms with van der Waals surface area (Å²) in [5.41, 5.74) is 0. The maximum atomic E-state index is 2.30. The molecule has 1 unspecified atom stereocenters. The summed E-state index contributed by atoms with van der Waals surface area (Å²) in [6, 6.07) is 0. The van der Waals surface area contributed by atoms with Crippen LogP contribution in [0, 0.1) is 11.8 Å². The number of rotatable bonds is 6. The van der Waals surface area contributed by atoms with Crippen molar-refractivity contribution in [3.63, 3.8) is 0 Å². The van der Waals surface area contributed by atoms with Crippen LogP contribution >= 0.6 is 0 Å². The van der Waals surface area contributed by atoms with Crippen molar-refractivity contribution in [2.75, 3.05) is 0 Å². The lowest BCUT2D eigenvalue weighted by atomic mass is 10.00. The normalized spacial score (nSPS) is 14.4. The Labute approximate surface area is 78.1 Å². The summed E-state index contributed by atoms with van der Waals surface area (Å²) >= 11 is 0. The van der Waals surface area contributed by atoms with E-state index in [9.17, 15) is 0 Å². The molecule has 0 aliphatic heterocycles. The lowest BCUT2D eigenvalue weighted by Gasteiger charge is -2.06. The van der Waals surface area contributed by atoms with Crippen molar-refractivity contribution in [1.29, 1.82) is 0 Å². The van der Waals surface area contributed by atoms with E-state index in [1.807, 2.05) is 0 Å². The first-order valence-electron chi connectivity index (χ1n) is 5.29. The van der Waals surface area contributed by atoms with Crippen molar-refractivity contribution >= 4 is 0 Å². The van der Waals surface area contributed by atoms with Gasteiger partial charge in [-0.3, -0.25) is 0 Å². The molecular formula is C12H24. The molecule has 12 heavy (non-hydrogen) atoms. The van der Waals surface area contributed by atoms with Gasteiger partial charge in [-0.2, -0.15) is 0 Å². The second-order valence-electron chi connectivity index (χ2n) is 4.18. The molecule has 0 bridgehead atoms. The van der Waals surface area contributed by atoms with E-state index in [1.54, 1.807) is 0 Å². The van der Waals surface area contributed by atoms with Gasteiger partial charge in [0.25, 0.3) is 0 Å². The molecule has 0 heteroatoms. The standard InChI is InChI=1S/C12H24/c1-5-8-12(4)10-7-6-9-11(2)3/h5,8,11-12H,6-7,9-10H2,1-4H3. The summed E-state index contributed by atoms with van der Waals surface area (Å²) in [6.07, 6.45) is 10.0. The molecule has 1 atom stereocenters. The molecule has 0 amide bonds. The zero-order valence-electron chi connectivity index (χ0n) is 9.14. The first-order chi connectivity index (χ1) is 5.66. The highest BCUT2D eigenvalue weighted by Gasteiger charge is 1.97. The molecule has 0 aromatic carbocycles. The number of allylic oxidation sites excluding steroid dienone is 2. The van der Waals surface area contributed by atoms with Gasteiger partial charge < -0.3 is 0 Å². The fraction of sp³-hybridized carbons (Fsp3) is 0.833. The van der Waals surface area contributed by atoms with Gasteiger partial charge in [0.1, 0.15) is 0 Å². The van der Waals surface area contributed by atoms with Crippen LogP contribution in [0.25, 0.3) is 0 Å². The molecule has 0 heterocycles. The SMILES string of the molecule is CC=CC(C)CCCCC(C)C. The lowest BCUT2D eigenvalue weighted by Crippen LogP contribution is -1.91. The lowest BCUT2D eigenvalue weighted by molar-refractivity contribution is 0.501. The van der Waals surface area contributed by atoms with Crippen LogP contribution in [0.15, 0.2) is 12.2 Å². The fourth-order valence-corrected chi connectivity index (χ4v) is 1.44. The molecule has 0 saturated carbocycles. The molecule has 0 fully saturated rings. The van der Waals surface area contributed by atoms with E-state index in [0.29, 0.717) is 0 Å². The zero-order chi connectivity index (χ0) is 9.40. The summed E-state index contributed by atoms with van der Waals surface area (Å²) < 4.78 is 0. The van der Waals surface area contributed by atoms with Crippen LogP contribution in [-0.4, -0.2) is 0 Å². The maximum Gasteiger partial charge on any atom is -0.0262 e. The minimum absolute atomic E-state index is 0.780. The third-order valence-electron chi connectivity index (χ3n) is 2.21. The Morgan fingerprint density at radius 3 is 2.08 bits per heavy atom. The Hall–Kier alpha value is -0.260. The average Bonchev–Trinajstić information content (AvgIpc) is 1.98. The second kappa shape index (κ2) is 7.39. The Balaban J connectivity index is 3.19. The minimum Gasteiger partial charge on any atom is -0.0914 e. The minimum atomic E-state index is 0.780. The van der Waals surface area contributed by atoms with Gasteiger partial charge in [0.15, 0.2) is 0 Å². The molecule has 0 rings (SSSR count).